The molecule has 4 rings (SSSR count). The zero-order chi connectivity index (χ0) is 19.0. The van der Waals surface area contributed by atoms with E-state index in [2.05, 4.69) is 54.3 Å². The molecule has 0 unspecified atom stereocenters. The van der Waals surface area contributed by atoms with Gasteiger partial charge in [-0.2, -0.15) is 11.3 Å². The summed E-state index contributed by atoms with van der Waals surface area (Å²) in [5.41, 5.74) is 5.44. The topological polar surface area (TPSA) is 48.1 Å². The van der Waals surface area contributed by atoms with E-state index in [1.54, 1.807) is 0 Å². The van der Waals surface area contributed by atoms with E-state index < -0.39 is 0 Å². The van der Waals surface area contributed by atoms with E-state index in [4.69, 9.17) is 0 Å². The molecule has 140 valence electrons. The van der Waals surface area contributed by atoms with Gasteiger partial charge >= 0.3 is 0 Å². The van der Waals surface area contributed by atoms with Crippen LogP contribution < -0.4 is 5.32 Å². The molecule has 4 nitrogen and oxygen atoms in total. The average Bonchev–Trinajstić information content (AvgIpc) is 3.31. The highest BCUT2D eigenvalue weighted by Gasteiger charge is 2.24. The molecule has 0 radical (unpaired) electrons. The summed E-state index contributed by atoms with van der Waals surface area (Å²) in [7, 11) is 0. The maximum absolute atomic E-state index is 12.3. The van der Waals surface area contributed by atoms with Gasteiger partial charge in [0.25, 0.3) is 5.91 Å². The summed E-state index contributed by atoms with van der Waals surface area (Å²) in [4.78, 5) is 18.2. The number of rotatable bonds is 3. The second-order valence-electron chi connectivity index (χ2n) is 8.03. The van der Waals surface area contributed by atoms with Crippen molar-refractivity contribution in [3.05, 3.63) is 58.4 Å². The zero-order valence-electron chi connectivity index (χ0n) is 16.0. The Balaban J connectivity index is 1.59. The molecule has 0 fully saturated rings. The molecular weight excluding hydrogens is 354 g/mol. The van der Waals surface area contributed by atoms with Crippen LogP contribution in [0, 0.1) is 0 Å². The predicted molar refractivity (Wildman–Crippen MR) is 114 cm³/mol. The summed E-state index contributed by atoms with van der Waals surface area (Å²) in [5.74, 6) is -0.0645. The van der Waals surface area contributed by atoms with Crippen LogP contribution in [0.3, 0.4) is 0 Å². The molecule has 2 N–H and O–H groups in total. The minimum absolute atomic E-state index is 0.0645. The number of nitrogens with zero attached hydrogens (tertiary/aromatic N) is 1. The Morgan fingerprint density at radius 3 is 2.78 bits per heavy atom. The number of carbonyl (C=O) groups excluding carboxylic acids is 1. The fraction of sp³-hybridized carbons (Fsp3) is 0.318. The number of carbonyl (C=O) groups is 1. The van der Waals surface area contributed by atoms with Gasteiger partial charge in [-0.05, 0) is 62.4 Å². The summed E-state index contributed by atoms with van der Waals surface area (Å²) in [6.45, 7) is 8.83. The molecular formula is C22H25N3OS. The van der Waals surface area contributed by atoms with Crippen molar-refractivity contribution >= 4 is 39.4 Å². The Morgan fingerprint density at radius 2 is 2.11 bits per heavy atom. The van der Waals surface area contributed by atoms with Gasteiger partial charge < -0.3 is 10.3 Å². The Bertz CT molecular complexity index is 992. The molecule has 1 aliphatic heterocycles. The van der Waals surface area contributed by atoms with Gasteiger partial charge in [0.1, 0.15) is 0 Å². The van der Waals surface area contributed by atoms with Crippen LogP contribution in [-0.2, 0) is 0 Å². The molecule has 3 aromatic rings. The molecule has 0 bridgehead atoms. The Hall–Kier alpha value is -2.37. The number of benzene rings is 1. The Labute approximate surface area is 163 Å². The van der Waals surface area contributed by atoms with Gasteiger partial charge in [0, 0.05) is 52.4 Å². The van der Waals surface area contributed by atoms with Crippen LogP contribution in [-0.4, -0.2) is 34.4 Å². The highest BCUT2D eigenvalue weighted by Crippen LogP contribution is 2.32. The van der Waals surface area contributed by atoms with Crippen molar-refractivity contribution in [2.75, 3.05) is 18.4 Å². The lowest BCUT2D eigenvalue weighted by Crippen LogP contribution is -2.43. The number of hydrogen-bond acceptors (Lipinski definition) is 3. The molecule has 1 aromatic carbocycles. The van der Waals surface area contributed by atoms with Crippen molar-refractivity contribution in [2.45, 2.75) is 32.7 Å². The second-order valence-corrected chi connectivity index (χ2v) is 8.81. The molecule has 3 heterocycles. The summed E-state index contributed by atoms with van der Waals surface area (Å²) >= 11 is 1.53. The maximum atomic E-state index is 12.3. The third-order valence-electron chi connectivity index (χ3n) is 5.23. The van der Waals surface area contributed by atoms with Crippen molar-refractivity contribution in [1.29, 1.82) is 0 Å². The third-order valence-corrected chi connectivity index (χ3v) is 5.91. The highest BCUT2D eigenvalue weighted by molar-refractivity contribution is 7.08. The Morgan fingerprint density at radius 1 is 1.26 bits per heavy atom. The maximum Gasteiger partial charge on any atom is 0.256 e. The number of amides is 1. The molecule has 0 saturated carbocycles. The molecule has 5 heteroatoms. The summed E-state index contributed by atoms with van der Waals surface area (Å²) in [6, 6.07) is 7.90. The first kappa shape index (κ1) is 18.0. The van der Waals surface area contributed by atoms with Crippen molar-refractivity contribution in [3.63, 3.8) is 0 Å². The molecule has 1 amide bonds. The van der Waals surface area contributed by atoms with Crippen LogP contribution in [0.1, 0.15) is 43.1 Å². The number of nitrogens with one attached hydrogen (secondary N) is 2. The predicted octanol–water partition coefficient (Wildman–Crippen LogP) is 5.37. The van der Waals surface area contributed by atoms with Crippen LogP contribution in [0.15, 0.2) is 47.3 Å². The minimum Gasteiger partial charge on any atom is -0.361 e. The van der Waals surface area contributed by atoms with Gasteiger partial charge in [0.15, 0.2) is 0 Å². The number of thiophene rings is 1. The smallest absolute Gasteiger partial charge is 0.256 e. The van der Waals surface area contributed by atoms with E-state index in [1.165, 1.54) is 22.5 Å². The van der Waals surface area contributed by atoms with Gasteiger partial charge in [-0.3, -0.25) is 9.69 Å². The number of H-pyrrole nitrogens is 1. The van der Waals surface area contributed by atoms with Crippen molar-refractivity contribution in [2.24, 2.45) is 0 Å². The first-order valence-corrected chi connectivity index (χ1v) is 10.3. The van der Waals surface area contributed by atoms with Crippen LogP contribution in [0.5, 0.6) is 0 Å². The third kappa shape index (κ3) is 3.70. The number of aromatic nitrogens is 1. The van der Waals surface area contributed by atoms with Gasteiger partial charge in [-0.25, -0.2) is 0 Å². The van der Waals surface area contributed by atoms with E-state index >= 15 is 0 Å². The minimum atomic E-state index is -0.0645. The molecule has 0 spiro atoms. The molecule has 0 atom stereocenters. The van der Waals surface area contributed by atoms with E-state index in [1.807, 2.05) is 29.0 Å². The van der Waals surface area contributed by atoms with Crippen molar-refractivity contribution in [1.82, 2.24) is 9.88 Å². The normalized spacial score (nSPS) is 15.7. The largest absolute Gasteiger partial charge is 0.361 e. The molecule has 27 heavy (non-hydrogen) atoms. The fourth-order valence-corrected chi connectivity index (χ4v) is 4.22. The van der Waals surface area contributed by atoms with Crippen LogP contribution >= 0.6 is 11.3 Å². The molecule has 0 saturated heterocycles. The number of hydrogen-bond donors (Lipinski definition) is 2. The second kappa shape index (κ2) is 6.98. The summed E-state index contributed by atoms with van der Waals surface area (Å²) in [6.07, 6.45) is 5.47. The summed E-state index contributed by atoms with van der Waals surface area (Å²) in [5, 5.41) is 7.95. The molecule has 2 aromatic heterocycles. The standard InChI is InChI=1S/C22H25N3OS/c1-22(2,3)25-9-6-15(7-10-25)19-13-23-20-5-4-17(12-18(19)20)24-21(26)16-8-11-27-14-16/h4-6,8,11-14,23H,7,9-10H2,1-3H3,(H,24,26). The van der Waals surface area contributed by atoms with E-state index in [0.717, 1.165) is 36.1 Å². The number of aromatic amines is 1. The first-order chi connectivity index (χ1) is 12.9. The SMILES string of the molecule is CC(C)(C)N1CC=C(c2c[nH]c3ccc(NC(=O)c4ccsc4)cc23)CC1. The Kier molecular flexibility index (Phi) is 4.66. The van der Waals surface area contributed by atoms with Crippen LogP contribution in [0.25, 0.3) is 16.5 Å². The van der Waals surface area contributed by atoms with Crippen LogP contribution in [0.4, 0.5) is 5.69 Å². The fourth-order valence-electron chi connectivity index (χ4n) is 3.58. The lowest BCUT2D eigenvalue weighted by Gasteiger charge is -2.37. The van der Waals surface area contributed by atoms with Gasteiger partial charge in [0.2, 0.25) is 0 Å². The van der Waals surface area contributed by atoms with E-state index in [0.29, 0.717) is 5.56 Å². The van der Waals surface area contributed by atoms with Crippen molar-refractivity contribution < 1.29 is 4.79 Å². The average molecular weight is 380 g/mol. The molecule has 0 aliphatic carbocycles. The van der Waals surface area contributed by atoms with Gasteiger partial charge in [-0.15, -0.1) is 0 Å². The first-order valence-electron chi connectivity index (χ1n) is 9.31. The lowest BCUT2D eigenvalue weighted by molar-refractivity contribution is 0.102. The van der Waals surface area contributed by atoms with E-state index in [-0.39, 0.29) is 11.4 Å². The number of fused-ring (bicyclic) bond motifs is 1. The molecule has 1 aliphatic rings. The zero-order valence-corrected chi connectivity index (χ0v) is 16.8. The quantitative estimate of drug-likeness (QED) is 0.643. The van der Waals surface area contributed by atoms with Crippen LogP contribution in [0.2, 0.25) is 0 Å². The summed E-state index contributed by atoms with van der Waals surface area (Å²) < 4.78 is 0. The van der Waals surface area contributed by atoms with Gasteiger partial charge in [-0.1, -0.05) is 6.08 Å². The van der Waals surface area contributed by atoms with Gasteiger partial charge in [0.05, 0.1) is 5.56 Å². The number of anilines is 1. The lowest BCUT2D eigenvalue weighted by atomic mass is 9.95. The van der Waals surface area contributed by atoms with Crippen molar-refractivity contribution in [3.8, 4) is 0 Å². The monoisotopic (exact) mass is 379 g/mol. The highest BCUT2D eigenvalue weighted by atomic mass is 32.1. The van der Waals surface area contributed by atoms with E-state index in [9.17, 15) is 4.79 Å².